The van der Waals surface area contributed by atoms with Gasteiger partial charge in [-0.05, 0) is 47.0 Å². The van der Waals surface area contributed by atoms with Crippen LogP contribution in [0.5, 0.6) is 0 Å². The molecule has 0 radical (unpaired) electrons. The molecular weight excluding hydrogens is 212 g/mol. The highest BCUT2D eigenvalue weighted by Gasteiger charge is 2.45. The average Bonchev–Trinajstić information content (AvgIpc) is 2.16. The Hall–Kier alpha value is -0.120. The van der Waals surface area contributed by atoms with Crippen LogP contribution in [0.25, 0.3) is 0 Å². The third-order valence-electron chi connectivity index (χ3n) is 3.05. The molecular formula is C14H32N2O. The minimum Gasteiger partial charge on any atom is -0.328 e. The van der Waals surface area contributed by atoms with Crippen LogP contribution in [0.1, 0.15) is 67.7 Å². The third kappa shape index (κ3) is 4.57. The number of rotatable bonds is 3. The average molecular weight is 244 g/mol. The Morgan fingerprint density at radius 1 is 1.12 bits per heavy atom. The van der Waals surface area contributed by atoms with E-state index in [2.05, 4.69) is 39.7 Å². The Bertz CT molecular complexity index is 196. The standard InChI is InChI=1S/C12H26N2O.C2H6/c1-6-7-15-14-11(2,3)8-10(13)9-12(14,4)5;1-2/h10H,6-9,13H2,1-5H3;1-2H3. The van der Waals surface area contributed by atoms with Crippen LogP contribution in [0.15, 0.2) is 0 Å². The molecule has 0 atom stereocenters. The van der Waals surface area contributed by atoms with Crippen molar-refractivity contribution in [3.63, 3.8) is 0 Å². The summed E-state index contributed by atoms with van der Waals surface area (Å²) in [5, 5.41) is 2.16. The van der Waals surface area contributed by atoms with Gasteiger partial charge in [0.1, 0.15) is 0 Å². The quantitative estimate of drug-likeness (QED) is 0.827. The van der Waals surface area contributed by atoms with Gasteiger partial charge in [0.05, 0.1) is 6.61 Å². The van der Waals surface area contributed by atoms with Crippen LogP contribution >= 0.6 is 0 Å². The van der Waals surface area contributed by atoms with Crippen molar-refractivity contribution in [3.05, 3.63) is 0 Å². The largest absolute Gasteiger partial charge is 0.328 e. The molecule has 0 saturated carbocycles. The fraction of sp³-hybridized carbons (Fsp3) is 1.00. The summed E-state index contributed by atoms with van der Waals surface area (Å²) >= 11 is 0. The SMILES string of the molecule is CC.CCCON1C(C)(C)CC(N)CC1(C)C. The molecule has 104 valence electrons. The van der Waals surface area contributed by atoms with Crippen molar-refractivity contribution in [3.8, 4) is 0 Å². The summed E-state index contributed by atoms with van der Waals surface area (Å²) in [5.41, 5.74) is 6.17. The highest BCUT2D eigenvalue weighted by atomic mass is 16.7. The maximum absolute atomic E-state index is 6.09. The summed E-state index contributed by atoms with van der Waals surface area (Å²) in [6, 6.07) is 0.288. The van der Waals surface area contributed by atoms with Gasteiger partial charge in [0.25, 0.3) is 0 Å². The van der Waals surface area contributed by atoms with E-state index in [1.165, 1.54) is 0 Å². The van der Waals surface area contributed by atoms with Gasteiger partial charge >= 0.3 is 0 Å². The van der Waals surface area contributed by atoms with Gasteiger partial charge in [-0.15, -0.1) is 0 Å². The number of piperidine rings is 1. The molecule has 1 aliphatic heterocycles. The van der Waals surface area contributed by atoms with Gasteiger partial charge < -0.3 is 5.73 Å². The number of hydroxylamine groups is 2. The van der Waals surface area contributed by atoms with Crippen molar-refractivity contribution in [2.45, 2.75) is 84.8 Å². The maximum Gasteiger partial charge on any atom is 0.0683 e. The van der Waals surface area contributed by atoms with E-state index in [9.17, 15) is 0 Å². The van der Waals surface area contributed by atoms with E-state index >= 15 is 0 Å². The molecule has 0 amide bonds. The zero-order valence-electron chi connectivity index (χ0n) is 12.8. The second-order valence-electron chi connectivity index (χ2n) is 5.92. The highest BCUT2D eigenvalue weighted by molar-refractivity contribution is 4.97. The molecule has 1 saturated heterocycles. The number of nitrogens with zero attached hydrogens (tertiary/aromatic N) is 1. The first-order valence-electron chi connectivity index (χ1n) is 6.98. The van der Waals surface area contributed by atoms with Gasteiger partial charge in [0.15, 0.2) is 0 Å². The molecule has 0 aromatic rings. The Balaban J connectivity index is 0.00000121. The van der Waals surface area contributed by atoms with E-state index in [1.54, 1.807) is 0 Å². The number of hydrogen-bond donors (Lipinski definition) is 1. The van der Waals surface area contributed by atoms with E-state index < -0.39 is 0 Å². The van der Waals surface area contributed by atoms with Gasteiger partial charge in [0, 0.05) is 17.1 Å². The lowest BCUT2D eigenvalue weighted by molar-refractivity contribution is -0.282. The molecule has 1 aliphatic rings. The minimum atomic E-state index is 0.0380. The lowest BCUT2D eigenvalue weighted by Crippen LogP contribution is -2.63. The van der Waals surface area contributed by atoms with Gasteiger partial charge in [0.2, 0.25) is 0 Å². The number of nitrogens with two attached hydrogens (primary N) is 1. The summed E-state index contributed by atoms with van der Waals surface area (Å²) in [5.74, 6) is 0. The van der Waals surface area contributed by atoms with Crippen LogP contribution < -0.4 is 5.73 Å². The monoisotopic (exact) mass is 244 g/mol. The normalized spacial score (nSPS) is 24.0. The molecule has 0 aromatic heterocycles. The fourth-order valence-electron chi connectivity index (χ4n) is 2.87. The lowest BCUT2D eigenvalue weighted by atomic mass is 9.79. The van der Waals surface area contributed by atoms with Crippen molar-refractivity contribution in [1.82, 2.24) is 5.06 Å². The molecule has 3 nitrogen and oxygen atoms in total. The first-order valence-corrected chi connectivity index (χ1v) is 6.98. The molecule has 0 unspecified atom stereocenters. The lowest BCUT2D eigenvalue weighted by Gasteiger charge is -2.53. The summed E-state index contributed by atoms with van der Waals surface area (Å²) in [6.45, 7) is 15.8. The van der Waals surface area contributed by atoms with Crippen molar-refractivity contribution in [1.29, 1.82) is 0 Å². The summed E-state index contributed by atoms with van der Waals surface area (Å²) in [4.78, 5) is 5.89. The molecule has 0 bridgehead atoms. The second-order valence-corrected chi connectivity index (χ2v) is 5.92. The van der Waals surface area contributed by atoms with Crippen LogP contribution in [-0.2, 0) is 4.84 Å². The molecule has 0 spiro atoms. The van der Waals surface area contributed by atoms with Crippen LogP contribution in [0.3, 0.4) is 0 Å². The zero-order chi connectivity index (χ0) is 13.7. The minimum absolute atomic E-state index is 0.0380. The van der Waals surface area contributed by atoms with E-state index in [1.807, 2.05) is 13.8 Å². The predicted molar refractivity (Wildman–Crippen MR) is 74.8 cm³/mol. The molecule has 2 N–H and O–H groups in total. The molecule has 1 fully saturated rings. The summed E-state index contributed by atoms with van der Waals surface area (Å²) < 4.78 is 0. The summed E-state index contributed by atoms with van der Waals surface area (Å²) in [7, 11) is 0. The van der Waals surface area contributed by atoms with Crippen LogP contribution in [0.4, 0.5) is 0 Å². The molecule has 17 heavy (non-hydrogen) atoms. The number of hydrogen-bond acceptors (Lipinski definition) is 3. The maximum atomic E-state index is 6.09. The van der Waals surface area contributed by atoms with E-state index in [0.717, 1.165) is 25.9 Å². The van der Waals surface area contributed by atoms with Gasteiger partial charge in [-0.2, -0.15) is 5.06 Å². The Kier molecular flexibility index (Phi) is 6.67. The van der Waals surface area contributed by atoms with Gasteiger partial charge in [-0.1, -0.05) is 20.8 Å². The van der Waals surface area contributed by atoms with Crippen molar-refractivity contribution >= 4 is 0 Å². The van der Waals surface area contributed by atoms with E-state index in [0.29, 0.717) is 0 Å². The summed E-state index contributed by atoms with van der Waals surface area (Å²) in [6.07, 6.45) is 3.05. The molecule has 1 rings (SSSR count). The first kappa shape index (κ1) is 16.9. The van der Waals surface area contributed by atoms with Crippen LogP contribution in [-0.4, -0.2) is 28.8 Å². The predicted octanol–water partition coefficient (Wildman–Crippen LogP) is 3.33. The smallest absolute Gasteiger partial charge is 0.0683 e. The third-order valence-corrected chi connectivity index (χ3v) is 3.05. The van der Waals surface area contributed by atoms with Crippen LogP contribution in [0.2, 0.25) is 0 Å². The van der Waals surface area contributed by atoms with Crippen molar-refractivity contribution in [2.24, 2.45) is 5.73 Å². The first-order chi connectivity index (χ1) is 7.79. The van der Waals surface area contributed by atoms with Crippen molar-refractivity contribution < 1.29 is 4.84 Å². The van der Waals surface area contributed by atoms with E-state index in [-0.39, 0.29) is 17.1 Å². The highest BCUT2D eigenvalue weighted by Crippen LogP contribution is 2.37. The Morgan fingerprint density at radius 2 is 1.53 bits per heavy atom. The van der Waals surface area contributed by atoms with Gasteiger partial charge in [-0.3, -0.25) is 4.84 Å². The molecule has 1 heterocycles. The zero-order valence-corrected chi connectivity index (χ0v) is 12.8. The van der Waals surface area contributed by atoms with Crippen LogP contribution in [0, 0.1) is 0 Å². The Morgan fingerprint density at radius 3 is 1.88 bits per heavy atom. The molecule has 3 heteroatoms. The molecule has 0 aliphatic carbocycles. The van der Waals surface area contributed by atoms with E-state index in [4.69, 9.17) is 10.6 Å². The fourth-order valence-corrected chi connectivity index (χ4v) is 2.87. The second kappa shape index (κ2) is 6.72. The van der Waals surface area contributed by atoms with Gasteiger partial charge in [-0.25, -0.2) is 0 Å². The Labute approximate surface area is 108 Å². The molecule has 0 aromatic carbocycles. The van der Waals surface area contributed by atoms with Crippen molar-refractivity contribution in [2.75, 3.05) is 6.61 Å². The topological polar surface area (TPSA) is 38.5 Å².